The van der Waals surface area contributed by atoms with Crippen molar-refractivity contribution >= 4 is 10.2 Å². The average Bonchev–Trinajstić information content (AvgIpc) is 2.26. The zero-order valence-corrected chi connectivity index (χ0v) is 12.3. The van der Waals surface area contributed by atoms with E-state index in [-0.39, 0.29) is 18.0 Å². The molecule has 1 saturated heterocycles. The first-order chi connectivity index (χ1) is 8.21. The number of hydrogen-bond acceptors (Lipinski definition) is 4. The lowest BCUT2D eigenvalue weighted by molar-refractivity contribution is 0.0724. The molecule has 0 aromatic heterocycles. The van der Waals surface area contributed by atoms with Gasteiger partial charge in [-0.3, -0.25) is 0 Å². The molecule has 6 nitrogen and oxygen atoms in total. The van der Waals surface area contributed by atoms with Gasteiger partial charge in [0.15, 0.2) is 0 Å². The van der Waals surface area contributed by atoms with Crippen LogP contribution in [0.3, 0.4) is 0 Å². The molecule has 1 unspecified atom stereocenters. The van der Waals surface area contributed by atoms with E-state index < -0.39 is 10.2 Å². The summed E-state index contributed by atoms with van der Waals surface area (Å²) in [5, 5.41) is 0. The lowest BCUT2D eigenvalue weighted by Crippen LogP contribution is -2.49. The van der Waals surface area contributed by atoms with Crippen LogP contribution in [0.1, 0.15) is 27.2 Å². The van der Waals surface area contributed by atoms with Gasteiger partial charge in [-0.1, -0.05) is 20.8 Å². The molecule has 1 atom stereocenters. The molecule has 0 saturated carbocycles. The van der Waals surface area contributed by atoms with Crippen LogP contribution in [-0.2, 0) is 14.9 Å². The van der Waals surface area contributed by atoms with Gasteiger partial charge in [-0.25, -0.2) is 4.72 Å². The van der Waals surface area contributed by atoms with E-state index in [0.29, 0.717) is 26.3 Å². The molecule has 0 aromatic carbocycles. The van der Waals surface area contributed by atoms with E-state index in [4.69, 9.17) is 10.5 Å². The monoisotopic (exact) mass is 279 g/mol. The van der Waals surface area contributed by atoms with Gasteiger partial charge in [0.05, 0.1) is 13.2 Å². The molecule has 0 aliphatic carbocycles. The smallest absolute Gasteiger partial charge is 0.279 e. The Morgan fingerprint density at radius 3 is 2.39 bits per heavy atom. The normalized spacial score (nSPS) is 20.9. The number of morpholine rings is 1. The largest absolute Gasteiger partial charge is 0.379 e. The third kappa shape index (κ3) is 5.62. The van der Waals surface area contributed by atoms with Crippen molar-refractivity contribution in [3.63, 3.8) is 0 Å². The number of ether oxygens (including phenoxy) is 1. The number of nitrogens with one attached hydrogen (secondary N) is 1. The third-order valence-corrected chi connectivity index (χ3v) is 4.29. The topological polar surface area (TPSA) is 84.7 Å². The van der Waals surface area contributed by atoms with E-state index in [9.17, 15) is 8.42 Å². The SMILES string of the molecule is CC(C)(C)CC(N)CNS(=O)(=O)N1CCOCC1. The highest BCUT2D eigenvalue weighted by Crippen LogP contribution is 2.19. The van der Waals surface area contributed by atoms with Crippen molar-refractivity contribution in [1.29, 1.82) is 0 Å². The fourth-order valence-electron chi connectivity index (χ4n) is 1.95. The van der Waals surface area contributed by atoms with Crippen LogP contribution in [-0.4, -0.2) is 51.6 Å². The number of hydrogen-bond donors (Lipinski definition) is 2. The molecule has 1 fully saturated rings. The van der Waals surface area contributed by atoms with Crippen LogP contribution < -0.4 is 10.5 Å². The average molecular weight is 279 g/mol. The van der Waals surface area contributed by atoms with Crippen molar-refractivity contribution in [1.82, 2.24) is 9.03 Å². The molecule has 0 bridgehead atoms. The summed E-state index contributed by atoms with van der Waals surface area (Å²) in [4.78, 5) is 0. The Morgan fingerprint density at radius 2 is 1.89 bits per heavy atom. The van der Waals surface area contributed by atoms with Crippen molar-refractivity contribution in [2.45, 2.75) is 33.2 Å². The number of nitrogens with two attached hydrogens (primary N) is 1. The Labute approximate surface area is 110 Å². The van der Waals surface area contributed by atoms with Gasteiger partial charge >= 0.3 is 0 Å². The first-order valence-electron chi connectivity index (χ1n) is 6.29. The maximum Gasteiger partial charge on any atom is 0.279 e. The summed E-state index contributed by atoms with van der Waals surface area (Å²) in [6, 6.07) is -0.166. The summed E-state index contributed by atoms with van der Waals surface area (Å²) in [5.41, 5.74) is 6.03. The van der Waals surface area contributed by atoms with Crippen molar-refractivity contribution in [3.05, 3.63) is 0 Å². The standard InChI is InChI=1S/C11H25N3O3S/c1-11(2,3)8-10(12)9-13-18(15,16)14-4-6-17-7-5-14/h10,13H,4-9,12H2,1-3H3. The van der Waals surface area contributed by atoms with Gasteiger partial charge in [-0.05, 0) is 11.8 Å². The third-order valence-electron chi connectivity index (χ3n) is 2.71. The van der Waals surface area contributed by atoms with Gasteiger partial charge in [-0.2, -0.15) is 12.7 Å². The molecular weight excluding hydrogens is 254 g/mol. The Kier molecular flexibility index (Phi) is 5.54. The second-order valence-corrected chi connectivity index (χ2v) is 7.64. The van der Waals surface area contributed by atoms with Gasteiger partial charge in [0.2, 0.25) is 0 Å². The molecule has 0 spiro atoms. The van der Waals surface area contributed by atoms with E-state index in [2.05, 4.69) is 25.5 Å². The summed E-state index contributed by atoms with van der Waals surface area (Å²) < 4.78 is 33.0. The van der Waals surface area contributed by atoms with Crippen molar-refractivity contribution in [2.24, 2.45) is 11.1 Å². The molecule has 1 heterocycles. The minimum absolute atomic E-state index is 0.101. The van der Waals surface area contributed by atoms with Crippen LogP contribution in [0.15, 0.2) is 0 Å². The Balaban J connectivity index is 2.41. The van der Waals surface area contributed by atoms with E-state index >= 15 is 0 Å². The minimum atomic E-state index is -3.41. The Bertz CT molecular complexity index is 345. The summed E-state index contributed by atoms with van der Waals surface area (Å²) in [6.45, 7) is 8.25. The molecular formula is C11H25N3O3S. The highest BCUT2D eigenvalue weighted by molar-refractivity contribution is 7.87. The van der Waals surface area contributed by atoms with Gasteiger partial charge in [0.1, 0.15) is 0 Å². The second-order valence-electron chi connectivity index (χ2n) is 5.89. The molecule has 7 heteroatoms. The molecule has 0 aromatic rings. The summed E-state index contributed by atoms with van der Waals surface area (Å²) in [7, 11) is -3.41. The van der Waals surface area contributed by atoms with Crippen LogP contribution in [0.2, 0.25) is 0 Å². The highest BCUT2D eigenvalue weighted by Gasteiger charge is 2.25. The maximum atomic E-state index is 12.0. The van der Waals surface area contributed by atoms with Gasteiger partial charge < -0.3 is 10.5 Å². The first-order valence-corrected chi connectivity index (χ1v) is 7.73. The molecule has 1 aliphatic heterocycles. The zero-order chi connectivity index (χ0) is 13.8. The molecule has 108 valence electrons. The highest BCUT2D eigenvalue weighted by atomic mass is 32.2. The predicted molar refractivity (Wildman–Crippen MR) is 71.4 cm³/mol. The van der Waals surface area contributed by atoms with Crippen molar-refractivity contribution in [3.8, 4) is 0 Å². The molecule has 18 heavy (non-hydrogen) atoms. The molecule has 0 amide bonds. The van der Waals surface area contributed by atoms with E-state index in [1.165, 1.54) is 4.31 Å². The van der Waals surface area contributed by atoms with E-state index in [1.54, 1.807) is 0 Å². The van der Waals surface area contributed by atoms with Crippen molar-refractivity contribution in [2.75, 3.05) is 32.8 Å². The summed E-state index contributed by atoms with van der Waals surface area (Å²) >= 11 is 0. The fourth-order valence-corrected chi connectivity index (χ4v) is 3.19. The molecule has 0 radical (unpaired) electrons. The van der Waals surface area contributed by atoms with E-state index in [0.717, 1.165) is 6.42 Å². The number of rotatable bonds is 5. The predicted octanol–water partition coefficient (Wildman–Crippen LogP) is -0.0835. The van der Waals surface area contributed by atoms with Crippen molar-refractivity contribution < 1.29 is 13.2 Å². The van der Waals surface area contributed by atoms with Gasteiger partial charge in [-0.15, -0.1) is 0 Å². The quantitative estimate of drug-likeness (QED) is 0.737. The Hall–Kier alpha value is -0.210. The van der Waals surface area contributed by atoms with E-state index in [1.807, 2.05) is 0 Å². The maximum absolute atomic E-state index is 12.0. The summed E-state index contributed by atoms with van der Waals surface area (Å²) in [5.74, 6) is 0. The lowest BCUT2D eigenvalue weighted by Gasteiger charge is -2.28. The number of nitrogens with zero attached hydrogens (tertiary/aromatic N) is 1. The lowest BCUT2D eigenvalue weighted by atomic mass is 9.88. The second kappa shape index (κ2) is 6.29. The van der Waals surface area contributed by atoms with Crippen LogP contribution in [0.25, 0.3) is 0 Å². The molecule has 1 rings (SSSR count). The summed E-state index contributed by atoms with van der Waals surface area (Å²) in [6.07, 6.45) is 0.776. The molecule has 1 aliphatic rings. The minimum Gasteiger partial charge on any atom is -0.379 e. The van der Waals surface area contributed by atoms with Crippen LogP contribution >= 0.6 is 0 Å². The molecule has 3 N–H and O–H groups in total. The Morgan fingerprint density at radius 1 is 1.33 bits per heavy atom. The van der Waals surface area contributed by atoms with Gasteiger partial charge in [0, 0.05) is 25.7 Å². The van der Waals surface area contributed by atoms with Crippen LogP contribution in [0, 0.1) is 5.41 Å². The van der Waals surface area contributed by atoms with Crippen LogP contribution in [0.5, 0.6) is 0 Å². The van der Waals surface area contributed by atoms with Crippen LogP contribution in [0.4, 0.5) is 0 Å². The fraction of sp³-hybridized carbons (Fsp3) is 1.00. The first kappa shape index (κ1) is 15.8. The van der Waals surface area contributed by atoms with Gasteiger partial charge in [0.25, 0.3) is 10.2 Å². The zero-order valence-electron chi connectivity index (χ0n) is 11.5.